The molecule has 0 N–H and O–H groups in total. The molecular weight excluding hydrogens is 372 g/mol. The molecule has 3 rings (SSSR count). The summed E-state index contributed by atoms with van der Waals surface area (Å²) < 4.78 is 30.0. The van der Waals surface area contributed by atoms with Gasteiger partial charge in [0.15, 0.2) is 15.0 Å². The fourth-order valence-electron chi connectivity index (χ4n) is 3.28. The Kier molecular flexibility index (Phi) is 5.62. The molecule has 0 aliphatic carbocycles. The highest BCUT2D eigenvalue weighted by Gasteiger charge is 2.50. The van der Waals surface area contributed by atoms with Gasteiger partial charge in [0.25, 0.3) is 0 Å². The first kappa shape index (κ1) is 19.2. The Bertz CT molecular complexity index is 820. The third kappa shape index (κ3) is 4.06. The third-order valence-corrected chi connectivity index (χ3v) is 7.50. The van der Waals surface area contributed by atoms with Crippen LogP contribution in [0.1, 0.15) is 27.2 Å². The minimum atomic E-state index is -3.09. The van der Waals surface area contributed by atoms with Crippen LogP contribution < -0.4 is 9.64 Å². The molecule has 2 heterocycles. The number of para-hydroxylation sites is 2. The summed E-state index contributed by atoms with van der Waals surface area (Å²) in [4.78, 5) is 18.5. The van der Waals surface area contributed by atoms with E-state index in [9.17, 15) is 13.2 Å². The molecule has 0 radical (unpaired) electrons. The van der Waals surface area contributed by atoms with Gasteiger partial charge in [-0.1, -0.05) is 37.7 Å². The van der Waals surface area contributed by atoms with Crippen LogP contribution in [0.15, 0.2) is 29.3 Å². The van der Waals surface area contributed by atoms with Crippen LogP contribution in [-0.2, 0) is 14.6 Å². The summed E-state index contributed by atoms with van der Waals surface area (Å²) in [7, 11) is -3.09. The van der Waals surface area contributed by atoms with E-state index in [1.165, 1.54) is 11.8 Å². The lowest BCUT2D eigenvalue weighted by Crippen LogP contribution is -2.38. The van der Waals surface area contributed by atoms with Gasteiger partial charge in [-0.25, -0.2) is 8.42 Å². The minimum Gasteiger partial charge on any atom is -0.492 e. The van der Waals surface area contributed by atoms with Crippen LogP contribution in [0.4, 0.5) is 5.69 Å². The van der Waals surface area contributed by atoms with Crippen LogP contribution in [0.5, 0.6) is 5.75 Å². The maximum atomic E-state index is 12.3. The van der Waals surface area contributed by atoms with Gasteiger partial charge in [-0.05, 0) is 25.0 Å². The molecule has 0 unspecified atom stereocenters. The average Bonchev–Trinajstić information content (AvgIpc) is 2.98. The van der Waals surface area contributed by atoms with Gasteiger partial charge in [0.1, 0.15) is 5.75 Å². The van der Waals surface area contributed by atoms with Crippen LogP contribution in [0.2, 0.25) is 0 Å². The van der Waals surface area contributed by atoms with E-state index in [0.29, 0.717) is 23.9 Å². The predicted molar refractivity (Wildman–Crippen MR) is 106 cm³/mol. The number of aliphatic imine (C=N–C) groups is 1. The lowest BCUT2D eigenvalue weighted by molar-refractivity contribution is -0.118. The van der Waals surface area contributed by atoms with Crippen molar-refractivity contribution in [1.29, 1.82) is 0 Å². The molecule has 2 saturated heterocycles. The van der Waals surface area contributed by atoms with E-state index in [1.807, 2.05) is 49.9 Å². The van der Waals surface area contributed by atoms with Crippen LogP contribution in [0.25, 0.3) is 0 Å². The number of hydrogen-bond donors (Lipinski definition) is 0. The Morgan fingerprint density at radius 2 is 2.08 bits per heavy atom. The number of fused-ring (bicyclic) bond motifs is 1. The molecule has 142 valence electrons. The van der Waals surface area contributed by atoms with Crippen molar-refractivity contribution in [3.8, 4) is 5.75 Å². The number of rotatable bonds is 5. The molecule has 2 fully saturated rings. The van der Waals surface area contributed by atoms with Gasteiger partial charge in [0, 0.05) is 11.7 Å². The largest absolute Gasteiger partial charge is 0.492 e. The summed E-state index contributed by atoms with van der Waals surface area (Å²) in [6.07, 6.45) is 0.374. The van der Waals surface area contributed by atoms with Gasteiger partial charge < -0.3 is 9.64 Å². The smallest absolute Gasteiger partial charge is 0.248 e. The number of benzene rings is 1. The number of ether oxygens (including phenoxy) is 1. The predicted octanol–water partition coefficient (Wildman–Crippen LogP) is 2.73. The molecular formula is C18H24N2O4S2. The van der Waals surface area contributed by atoms with E-state index in [1.54, 1.807) is 0 Å². The van der Waals surface area contributed by atoms with Crippen LogP contribution in [0, 0.1) is 5.92 Å². The highest BCUT2D eigenvalue weighted by Crippen LogP contribution is 2.43. The van der Waals surface area contributed by atoms with Crippen molar-refractivity contribution in [2.24, 2.45) is 10.9 Å². The summed E-state index contributed by atoms with van der Waals surface area (Å²) in [6, 6.07) is 7.28. The molecule has 0 saturated carbocycles. The van der Waals surface area contributed by atoms with Crippen LogP contribution in [0.3, 0.4) is 0 Å². The van der Waals surface area contributed by atoms with Gasteiger partial charge in [-0.2, -0.15) is 4.99 Å². The van der Waals surface area contributed by atoms with Crippen molar-refractivity contribution in [1.82, 2.24) is 0 Å². The molecule has 0 spiro atoms. The Morgan fingerprint density at radius 3 is 2.77 bits per heavy atom. The van der Waals surface area contributed by atoms with Crippen LogP contribution >= 0.6 is 11.8 Å². The number of amides is 1. The SMILES string of the molecule is CCOc1ccccc1N1C(=NC(=O)CC(C)C)S[C@@H]2CS(=O)(=O)C[C@@H]21. The van der Waals surface area contributed by atoms with Crippen molar-refractivity contribution in [3.05, 3.63) is 24.3 Å². The molecule has 6 nitrogen and oxygen atoms in total. The number of carbonyl (C=O) groups is 1. The van der Waals surface area contributed by atoms with Gasteiger partial charge in [0.2, 0.25) is 5.91 Å². The molecule has 0 bridgehead atoms. The van der Waals surface area contributed by atoms with Crippen molar-refractivity contribution in [2.75, 3.05) is 23.0 Å². The van der Waals surface area contributed by atoms with Gasteiger partial charge in [0.05, 0.1) is 29.8 Å². The third-order valence-electron chi connectivity index (χ3n) is 4.29. The first-order valence-corrected chi connectivity index (χ1v) is 11.5. The van der Waals surface area contributed by atoms with Crippen molar-refractivity contribution in [2.45, 2.75) is 38.5 Å². The van der Waals surface area contributed by atoms with E-state index in [0.717, 1.165) is 5.69 Å². The van der Waals surface area contributed by atoms with E-state index in [2.05, 4.69) is 4.99 Å². The molecule has 2 aliphatic rings. The minimum absolute atomic E-state index is 0.0719. The zero-order valence-corrected chi connectivity index (χ0v) is 16.8. The van der Waals surface area contributed by atoms with Crippen LogP contribution in [-0.4, -0.2) is 48.9 Å². The van der Waals surface area contributed by atoms with Crippen molar-refractivity contribution in [3.63, 3.8) is 0 Å². The van der Waals surface area contributed by atoms with Gasteiger partial charge in [-0.3, -0.25) is 4.79 Å². The fourth-order valence-corrected chi connectivity index (χ4v) is 7.21. The van der Waals surface area contributed by atoms with Crippen molar-refractivity contribution < 1.29 is 17.9 Å². The molecule has 8 heteroatoms. The standard InChI is InChI=1S/C18H24N2O4S2/c1-4-24-15-8-6-5-7-13(15)20-14-10-26(22,23)11-16(14)25-18(20)19-17(21)9-12(2)3/h5-8,12,14,16H,4,9-11H2,1-3H3/t14-,16+/m0/s1. The number of sulfone groups is 1. The maximum absolute atomic E-state index is 12.3. The summed E-state index contributed by atoms with van der Waals surface area (Å²) in [5.74, 6) is 0.909. The Balaban J connectivity index is 2.01. The molecule has 1 amide bonds. The lowest BCUT2D eigenvalue weighted by atomic mass is 10.1. The van der Waals surface area contributed by atoms with E-state index in [-0.39, 0.29) is 34.6 Å². The molecule has 1 aromatic rings. The Morgan fingerprint density at radius 1 is 1.35 bits per heavy atom. The molecule has 2 aliphatic heterocycles. The summed E-state index contributed by atoms with van der Waals surface area (Å²) >= 11 is 1.39. The maximum Gasteiger partial charge on any atom is 0.248 e. The van der Waals surface area contributed by atoms with Crippen molar-refractivity contribution >= 4 is 38.4 Å². The summed E-state index contributed by atoms with van der Waals surface area (Å²) in [5.41, 5.74) is 0.766. The Labute approximate surface area is 158 Å². The molecule has 26 heavy (non-hydrogen) atoms. The quantitative estimate of drug-likeness (QED) is 0.762. The monoisotopic (exact) mass is 396 g/mol. The fraction of sp³-hybridized carbons (Fsp3) is 0.556. The highest BCUT2D eigenvalue weighted by molar-refractivity contribution is 8.16. The summed E-state index contributed by atoms with van der Waals surface area (Å²) in [5, 5.41) is 0.466. The van der Waals surface area contributed by atoms with E-state index >= 15 is 0 Å². The second-order valence-corrected chi connectivity index (χ2v) is 10.3. The zero-order valence-electron chi connectivity index (χ0n) is 15.2. The average molecular weight is 397 g/mol. The number of thioether (sulfide) groups is 1. The van der Waals surface area contributed by atoms with E-state index in [4.69, 9.17) is 4.74 Å². The Hall–Kier alpha value is -1.54. The number of hydrogen-bond acceptors (Lipinski definition) is 5. The lowest BCUT2D eigenvalue weighted by Gasteiger charge is -2.26. The number of nitrogens with zero attached hydrogens (tertiary/aromatic N) is 2. The molecule has 0 aromatic heterocycles. The number of amidine groups is 1. The normalized spacial score (nSPS) is 25.7. The number of anilines is 1. The second-order valence-electron chi connectivity index (χ2n) is 6.96. The first-order valence-electron chi connectivity index (χ1n) is 8.80. The molecule has 1 aromatic carbocycles. The number of carbonyl (C=O) groups excluding carboxylic acids is 1. The van der Waals surface area contributed by atoms with Gasteiger partial charge >= 0.3 is 0 Å². The highest BCUT2D eigenvalue weighted by atomic mass is 32.2. The summed E-state index contributed by atoms with van der Waals surface area (Å²) in [6.45, 7) is 6.36. The second kappa shape index (κ2) is 7.60. The zero-order chi connectivity index (χ0) is 18.9. The topological polar surface area (TPSA) is 76.0 Å². The molecule has 2 atom stereocenters. The first-order chi connectivity index (χ1) is 12.3. The van der Waals surface area contributed by atoms with Gasteiger partial charge in [-0.15, -0.1) is 0 Å². The van der Waals surface area contributed by atoms with E-state index < -0.39 is 9.84 Å².